The molecular formula is C17H14ClNO4. The van der Waals surface area contributed by atoms with Crippen LogP contribution in [0.5, 0.6) is 5.75 Å². The van der Waals surface area contributed by atoms with Crippen molar-refractivity contribution in [2.45, 2.75) is 19.6 Å². The van der Waals surface area contributed by atoms with E-state index in [1.54, 1.807) is 30.0 Å². The number of carbonyl (C=O) groups is 2. The van der Waals surface area contributed by atoms with Crippen LogP contribution in [-0.2, 0) is 11.3 Å². The third-order valence-electron chi connectivity index (χ3n) is 3.67. The van der Waals surface area contributed by atoms with Crippen LogP contribution in [0.4, 0.5) is 5.69 Å². The SMILES string of the molecule is CC1Oc2ccc(C(=O)O)cc2N(Cc2ccc(Cl)cc2)C1=O. The molecule has 5 nitrogen and oxygen atoms in total. The van der Waals surface area contributed by atoms with E-state index in [4.69, 9.17) is 21.4 Å². The molecule has 0 saturated heterocycles. The number of hydrogen-bond donors (Lipinski definition) is 1. The molecule has 1 aliphatic heterocycles. The fraction of sp³-hybridized carbons (Fsp3) is 0.176. The Bertz CT molecular complexity index is 773. The molecule has 0 aromatic heterocycles. The molecule has 0 saturated carbocycles. The third kappa shape index (κ3) is 3.00. The molecule has 118 valence electrons. The second kappa shape index (κ2) is 5.93. The Balaban J connectivity index is 2.01. The maximum Gasteiger partial charge on any atom is 0.335 e. The molecule has 23 heavy (non-hydrogen) atoms. The van der Waals surface area contributed by atoms with Crippen molar-refractivity contribution in [3.8, 4) is 5.75 Å². The fourth-order valence-electron chi connectivity index (χ4n) is 2.48. The summed E-state index contributed by atoms with van der Waals surface area (Å²) in [6, 6.07) is 11.7. The molecule has 0 radical (unpaired) electrons. The van der Waals surface area contributed by atoms with E-state index in [1.165, 1.54) is 12.1 Å². The van der Waals surface area contributed by atoms with Crippen LogP contribution in [0, 0.1) is 0 Å². The van der Waals surface area contributed by atoms with Gasteiger partial charge in [-0.2, -0.15) is 0 Å². The molecule has 0 bridgehead atoms. The first-order valence-electron chi connectivity index (χ1n) is 7.05. The molecule has 1 heterocycles. The number of rotatable bonds is 3. The molecule has 3 rings (SSSR count). The van der Waals surface area contributed by atoms with E-state index in [0.717, 1.165) is 5.56 Å². The van der Waals surface area contributed by atoms with Gasteiger partial charge in [0.15, 0.2) is 6.10 Å². The Morgan fingerprint density at radius 1 is 1.26 bits per heavy atom. The van der Waals surface area contributed by atoms with Crippen molar-refractivity contribution >= 4 is 29.2 Å². The van der Waals surface area contributed by atoms with Crippen LogP contribution in [-0.4, -0.2) is 23.1 Å². The highest BCUT2D eigenvalue weighted by Crippen LogP contribution is 2.36. The fourth-order valence-corrected chi connectivity index (χ4v) is 2.60. The van der Waals surface area contributed by atoms with Gasteiger partial charge in [-0.05, 0) is 42.8 Å². The summed E-state index contributed by atoms with van der Waals surface area (Å²) in [6.07, 6.45) is -0.620. The molecule has 1 amide bonds. The zero-order valence-corrected chi connectivity index (χ0v) is 13.1. The van der Waals surface area contributed by atoms with Gasteiger partial charge in [-0.1, -0.05) is 23.7 Å². The number of carbonyl (C=O) groups excluding carboxylic acids is 1. The normalized spacial score (nSPS) is 16.7. The van der Waals surface area contributed by atoms with Crippen LogP contribution < -0.4 is 9.64 Å². The number of ether oxygens (including phenoxy) is 1. The van der Waals surface area contributed by atoms with Crippen molar-refractivity contribution in [1.82, 2.24) is 0 Å². The summed E-state index contributed by atoms with van der Waals surface area (Å²) in [7, 11) is 0. The monoisotopic (exact) mass is 331 g/mol. The summed E-state index contributed by atoms with van der Waals surface area (Å²) in [4.78, 5) is 25.2. The van der Waals surface area contributed by atoms with Crippen molar-refractivity contribution < 1.29 is 19.4 Å². The van der Waals surface area contributed by atoms with Crippen molar-refractivity contribution in [2.75, 3.05) is 4.90 Å². The highest BCUT2D eigenvalue weighted by Gasteiger charge is 2.32. The predicted molar refractivity (Wildman–Crippen MR) is 86.1 cm³/mol. The summed E-state index contributed by atoms with van der Waals surface area (Å²) in [6.45, 7) is 1.99. The summed E-state index contributed by atoms with van der Waals surface area (Å²) < 4.78 is 5.56. The molecule has 1 N–H and O–H groups in total. The van der Waals surface area contributed by atoms with Crippen LogP contribution in [0.2, 0.25) is 5.02 Å². The van der Waals surface area contributed by atoms with Crippen molar-refractivity contribution in [3.05, 3.63) is 58.6 Å². The lowest BCUT2D eigenvalue weighted by atomic mass is 10.1. The molecule has 1 atom stereocenters. The molecule has 0 spiro atoms. The largest absolute Gasteiger partial charge is 0.479 e. The van der Waals surface area contributed by atoms with E-state index in [9.17, 15) is 9.59 Å². The summed E-state index contributed by atoms with van der Waals surface area (Å²) >= 11 is 5.88. The third-order valence-corrected chi connectivity index (χ3v) is 3.92. The first-order valence-corrected chi connectivity index (χ1v) is 7.43. The topological polar surface area (TPSA) is 66.8 Å². The number of carboxylic acid groups (broad SMARTS) is 1. The van der Waals surface area contributed by atoms with Gasteiger partial charge >= 0.3 is 5.97 Å². The van der Waals surface area contributed by atoms with Gasteiger partial charge in [0.1, 0.15) is 5.75 Å². The number of carboxylic acids is 1. The van der Waals surface area contributed by atoms with Crippen LogP contribution in [0.25, 0.3) is 0 Å². The first-order chi connectivity index (χ1) is 11.0. The van der Waals surface area contributed by atoms with Gasteiger partial charge < -0.3 is 14.7 Å². The number of fused-ring (bicyclic) bond motifs is 1. The van der Waals surface area contributed by atoms with Crippen molar-refractivity contribution in [1.29, 1.82) is 0 Å². The minimum atomic E-state index is -1.05. The number of halogens is 1. The second-order valence-corrected chi connectivity index (χ2v) is 5.74. The lowest BCUT2D eigenvalue weighted by Gasteiger charge is -2.33. The molecular weight excluding hydrogens is 318 g/mol. The highest BCUT2D eigenvalue weighted by atomic mass is 35.5. The quantitative estimate of drug-likeness (QED) is 0.936. The predicted octanol–water partition coefficient (Wildman–Crippen LogP) is 3.35. The number of nitrogens with zero attached hydrogens (tertiary/aromatic N) is 1. The van der Waals surface area contributed by atoms with Crippen LogP contribution in [0.15, 0.2) is 42.5 Å². The second-order valence-electron chi connectivity index (χ2n) is 5.30. The molecule has 2 aromatic carbocycles. The zero-order chi connectivity index (χ0) is 16.6. The number of amides is 1. The van der Waals surface area contributed by atoms with Crippen LogP contribution in [0.1, 0.15) is 22.8 Å². The number of anilines is 1. The smallest absolute Gasteiger partial charge is 0.335 e. The minimum Gasteiger partial charge on any atom is -0.479 e. The van der Waals surface area contributed by atoms with Gasteiger partial charge in [0.25, 0.3) is 5.91 Å². The van der Waals surface area contributed by atoms with E-state index in [1.807, 2.05) is 12.1 Å². The zero-order valence-electron chi connectivity index (χ0n) is 12.3. The number of aromatic carboxylic acids is 1. The molecule has 2 aromatic rings. The average Bonchev–Trinajstić information content (AvgIpc) is 2.53. The maximum atomic E-state index is 12.5. The number of benzene rings is 2. The summed E-state index contributed by atoms with van der Waals surface area (Å²) in [5.41, 5.74) is 1.46. The standard InChI is InChI=1S/C17H14ClNO4/c1-10-16(20)19(9-11-2-5-13(18)6-3-11)14-8-12(17(21)22)4-7-15(14)23-10/h2-8,10H,9H2,1H3,(H,21,22). The van der Waals surface area contributed by atoms with E-state index < -0.39 is 12.1 Å². The summed E-state index contributed by atoms with van der Waals surface area (Å²) in [5.74, 6) is -0.767. The minimum absolute atomic E-state index is 0.107. The van der Waals surface area contributed by atoms with Gasteiger partial charge in [0.2, 0.25) is 0 Å². The van der Waals surface area contributed by atoms with Gasteiger partial charge in [-0.3, -0.25) is 4.79 Å². The van der Waals surface area contributed by atoms with E-state index >= 15 is 0 Å². The molecule has 6 heteroatoms. The Morgan fingerprint density at radius 2 is 1.96 bits per heavy atom. The van der Waals surface area contributed by atoms with Gasteiger partial charge in [-0.15, -0.1) is 0 Å². The first kappa shape index (κ1) is 15.4. The Hall–Kier alpha value is -2.53. The van der Waals surface area contributed by atoms with Gasteiger partial charge in [-0.25, -0.2) is 4.79 Å². The Labute approximate surface area is 138 Å². The summed E-state index contributed by atoms with van der Waals surface area (Å²) in [5, 5.41) is 9.77. The molecule has 1 unspecified atom stereocenters. The number of hydrogen-bond acceptors (Lipinski definition) is 3. The lowest BCUT2D eigenvalue weighted by molar-refractivity contribution is -0.125. The van der Waals surface area contributed by atoms with E-state index in [0.29, 0.717) is 23.0 Å². The Kier molecular flexibility index (Phi) is 3.96. The van der Waals surface area contributed by atoms with E-state index in [2.05, 4.69) is 0 Å². The van der Waals surface area contributed by atoms with Crippen molar-refractivity contribution in [3.63, 3.8) is 0 Å². The highest BCUT2D eigenvalue weighted by molar-refractivity contribution is 6.30. The average molecular weight is 332 g/mol. The molecule has 1 aliphatic rings. The lowest BCUT2D eigenvalue weighted by Crippen LogP contribution is -2.44. The van der Waals surface area contributed by atoms with Crippen LogP contribution >= 0.6 is 11.6 Å². The van der Waals surface area contributed by atoms with Gasteiger partial charge in [0, 0.05) is 5.02 Å². The van der Waals surface area contributed by atoms with Gasteiger partial charge in [0.05, 0.1) is 17.8 Å². The van der Waals surface area contributed by atoms with Crippen LogP contribution in [0.3, 0.4) is 0 Å². The molecule has 0 aliphatic carbocycles. The van der Waals surface area contributed by atoms with E-state index in [-0.39, 0.29) is 11.5 Å². The Morgan fingerprint density at radius 3 is 2.61 bits per heavy atom. The maximum absolute atomic E-state index is 12.5. The molecule has 0 fully saturated rings. The van der Waals surface area contributed by atoms with Crippen molar-refractivity contribution in [2.24, 2.45) is 0 Å².